The van der Waals surface area contributed by atoms with Crippen molar-refractivity contribution in [3.8, 4) is 0 Å². The summed E-state index contributed by atoms with van der Waals surface area (Å²) in [5.41, 5.74) is 0.691. The topological polar surface area (TPSA) is 9.72 Å². The zero-order valence-electron chi connectivity index (χ0n) is 13.9. The molecule has 0 aliphatic carbocycles. The average molecular weight is 279 g/mol. The van der Waals surface area contributed by atoms with Crippen LogP contribution >= 0.6 is 0 Å². The molecule has 1 spiro atoms. The first kappa shape index (κ1) is 14.8. The molecule has 1 atom stereocenters. The van der Waals surface area contributed by atoms with E-state index in [0.29, 0.717) is 5.41 Å². The largest absolute Gasteiger partial charge is 0.302 e. The van der Waals surface area contributed by atoms with Crippen LogP contribution in [0.2, 0.25) is 0 Å². The summed E-state index contributed by atoms with van der Waals surface area (Å²) in [6, 6.07) is 1.47. The molecule has 0 bridgehead atoms. The van der Waals surface area contributed by atoms with Gasteiger partial charge in [-0.1, -0.05) is 0 Å². The summed E-state index contributed by atoms with van der Waals surface area (Å²) in [5, 5.41) is 0. The minimum absolute atomic E-state index is 0.691. The molecule has 1 unspecified atom stereocenters. The van der Waals surface area contributed by atoms with Crippen molar-refractivity contribution in [1.82, 2.24) is 14.7 Å². The van der Waals surface area contributed by atoms with Gasteiger partial charge >= 0.3 is 0 Å². The Morgan fingerprint density at radius 1 is 0.950 bits per heavy atom. The van der Waals surface area contributed by atoms with Crippen LogP contribution in [0.4, 0.5) is 0 Å². The first-order chi connectivity index (χ1) is 9.47. The van der Waals surface area contributed by atoms with Crippen molar-refractivity contribution in [2.24, 2.45) is 11.3 Å². The van der Waals surface area contributed by atoms with Crippen molar-refractivity contribution in [1.29, 1.82) is 0 Å². The highest BCUT2D eigenvalue weighted by Gasteiger charge is 2.52. The number of hydrogen-bond donors (Lipinski definition) is 0. The van der Waals surface area contributed by atoms with Crippen molar-refractivity contribution < 1.29 is 0 Å². The van der Waals surface area contributed by atoms with Crippen molar-refractivity contribution >= 4 is 0 Å². The number of hydrogen-bond acceptors (Lipinski definition) is 3. The first-order valence-corrected chi connectivity index (χ1v) is 8.68. The van der Waals surface area contributed by atoms with E-state index in [2.05, 4.69) is 42.4 Å². The molecule has 0 aromatic heterocycles. The summed E-state index contributed by atoms with van der Waals surface area (Å²) in [6.07, 6.45) is 2.85. The minimum Gasteiger partial charge on any atom is -0.302 e. The Bertz CT molecular complexity index is 325. The van der Waals surface area contributed by atoms with Crippen LogP contribution in [0.1, 0.15) is 40.5 Å². The van der Waals surface area contributed by atoms with Gasteiger partial charge in [0.05, 0.1) is 0 Å². The van der Waals surface area contributed by atoms with E-state index in [1.807, 2.05) is 0 Å². The highest BCUT2D eigenvalue weighted by molar-refractivity contribution is 5.06. The fourth-order valence-electron chi connectivity index (χ4n) is 4.49. The summed E-state index contributed by atoms with van der Waals surface area (Å²) in [6.45, 7) is 18.8. The molecule has 0 N–H and O–H groups in total. The molecule has 3 rings (SSSR count). The second-order valence-electron chi connectivity index (χ2n) is 8.27. The molecule has 0 aromatic rings. The molecule has 3 heteroatoms. The second-order valence-corrected chi connectivity index (χ2v) is 8.27. The van der Waals surface area contributed by atoms with Gasteiger partial charge in [-0.05, 0) is 53.0 Å². The third kappa shape index (κ3) is 2.90. The Balaban J connectivity index is 1.39. The highest BCUT2D eigenvalue weighted by Crippen LogP contribution is 2.41. The lowest BCUT2D eigenvalue weighted by Gasteiger charge is -2.62. The molecule has 0 aromatic carbocycles. The van der Waals surface area contributed by atoms with Crippen LogP contribution < -0.4 is 0 Å². The Kier molecular flexibility index (Phi) is 4.13. The molecule has 3 fully saturated rings. The number of likely N-dealkylation sites (tertiary alicyclic amines) is 3. The standard InChI is InChI=1S/C17H33N3/c1-14(2)19-7-5-6-16(9-19)8-18-10-17(11-18)12-20(13-17)15(3)4/h14-16H,5-13H2,1-4H3. The van der Waals surface area contributed by atoms with Gasteiger partial charge in [0.15, 0.2) is 0 Å². The summed E-state index contributed by atoms with van der Waals surface area (Å²) in [4.78, 5) is 8.03. The third-order valence-electron chi connectivity index (χ3n) is 5.72. The SMILES string of the molecule is CC(C)N1CCCC(CN2CC3(C2)CN(C(C)C)C3)C1. The monoisotopic (exact) mass is 279 g/mol. The third-order valence-corrected chi connectivity index (χ3v) is 5.72. The molecule has 0 radical (unpaired) electrons. The zero-order valence-corrected chi connectivity index (χ0v) is 13.9. The Hall–Kier alpha value is -0.120. The number of piperidine rings is 1. The number of nitrogens with zero attached hydrogens (tertiary/aromatic N) is 3. The van der Waals surface area contributed by atoms with Gasteiger partial charge in [-0.2, -0.15) is 0 Å². The van der Waals surface area contributed by atoms with Crippen molar-refractivity contribution in [3.05, 3.63) is 0 Å². The fourth-order valence-corrected chi connectivity index (χ4v) is 4.49. The molecule has 116 valence electrons. The maximum Gasteiger partial charge on any atom is 0.0212 e. The van der Waals surface area contributed by atoms with Gasteiger partial charge < -0.3 is 9.80 Å². The van der Waals surface area contributed by atoms with E-state index in [-0.39, 0.29) is 0 Å². The van der Waals surface area contributed by atoms with Gasteiger partial charge in [0.2, 0.25) is 0 Å². The molecule has 3 saturated heterocycles. The van der Waals surface area contributed by atoms with Crippen LogP contribution in [-0.4, -0.2) is 72.6 Å². The van der Waals surface area contributed by atoms with Gasteiger partial charge in [-0.15, -0.1) is 0 Å². The van der Waals surface area contributed by atoms with E-state index in [1.165, 1.54) is 58.7 Å². The lowest BCUT2D eigenvalue weighted by Crippen LogP contribution is -2.73. The summed E-state index contributed by atoms with van der Waals surface area (Å²) in [7, 11) is 0. The maximum atomic E-state index is 2.73. The lowest BCUT2D eigenvalue weighted by molar-refractivity contribution is -0.130. The quantitative estimate of drug-likeness (QED) is 0.780. The smallest absolute Gasteiger partial charge is 0.0212 e. The normalized spacial score (nSPS) is 31.8. The van der Waals surface area contributed by atoms with Crippen molar-refractivity contribution in [2.75, 3.05) is 45.8 Å². The van der Waals surface area contributed by atoms with E-state index in [0.717, 1.165) is 18.0 Å². The Morgan fingerprint density at radius 3 is 2.20 bits per heavy atom. The van der Waals surface area contributed by atoms with Crippen LogP contribution in [0.5, 0.6) is 0 Å². The van der Waals surface area contributed by atoms with Gasteiger partial charge in [0.1, 0.15) is 0 Å². The molecule has 3 aliphatic rings. The van der Waals surface area contributed by atoms with Crippen LogP contribution in [-0.2, 0) is 0 Å². The Morgan fingerprint density at radius 2 is 1.60 bits per heavy atom. The van der Waals surface area contributed by atoms with Crippen LogP contribution in [0, 0.1) is 11.3 Å². The molecule has 3 nitrogen and oxygen atoms in total. The van der Waals surface area contributed by atoms with E-state index in [4.69, 9.17) is 0 Å². The van der Waals surface area contributed by atoms with E-state index < -0.39 is 0 Å². The predicted molar refractivity (Wildman–Crippen MR) is 85.0 cm³/mol. The zero-order chi connectivity index (χ0) is 14.3. The van der Waals surface area contributed by atoms with Crippen LogP contribution in [0.15, 0.2) is 0 Å². The van der Waals surface area contributed by atoms with Gasteiger partial charge in [0.25, 0.3) is 0 Å². The van der Waals surface area contributed by atoms with Crippen LogP contribution in [0.3, 0.4) is 0 Å². The lowest BCUT2D eigenvalue weighted by atomic mass is 9.72. The van der Waals surface area contributed by atoms with Gasteiger partial charge in [0, 0.05) is 56.8 Å². The fraction of sp³-hybridized carbons (Fsp3) is 1.00. The summed E-state index contributed by atoms with van der Waals surface area (Å²) < 4.78 is 0. The molecular weight excluding hydrogens is 246 g/mol. The molecule has 0 saturated carbocycles. The van der Waals surface area contributed by atoms with Crippen LogP contribution in [0.25, 0.3) is 0 Å². The second kappa shape index (κ2) is 5.58. The molecule has 3 aliphatic heterocycles. The minimum atomic E-state index is 0.691. The molecule has 20 heavy (non-hydrogen) atoms. The Labute approximate surface area is 125 Å². The predicted octanol–water partition coefficient (Wildman–Crippen LogP) is 2.13. The van der Waals surface area contributed by atoms with E-state index >= 15 is 0 Å². The van der Waals surface area contributed by atoms with Gasteiger partial charge in [-0.3, -0.25) is 4.90 Å². The maximum absolute atomic E-state index is 2.73. The van der Waals surface area contributed by atoms with Crippen molar-refractivity contribution in [3.63, 3.8) is 0 Å². The molecular formula is C17H33N3. The summed E-state index contributed by atoms with van der Waals surface area (Å²) >= 11 is 0. The highest BCUT2D eigenvalue weighted by atomic mass is 15.3. The van der Waals surface area contributed by atoms with E-state index in [1.54, 1.807) is 0 Å². The first-order valence-electron chi connectivity index (χ1n) is 8.68. The van der Waals surface area contributed by atoms with Gasteiger partial charge in [-0.25, -0.2) is 0 Å². The van der Waals surface area contributed by atoms with Crippen molar-refractivity contribution in [2.45, 2.75) is 52.6 Å². The number of rotatable bonds is 4. The molecule has 0 amide bonds. The van der Waals surface area contributed by atoms with E-state index in [9.17, 15) is 0 Å². The average Bonchev–Trinajstić information content (AvgIpc) is 2.30. The molecule has 3 heterocycles. The summed E-state index contributed by atoms with van der Waals surface area (Å²) in [5.74, 6) is 0.921.